The van der Waals surface area contributed by atoms with Gasteiger partial charge in [-0.05, 0) is 50.9 Å². The predicted molar refractivity (Wildman–Crippen MR) is 81.2 cm³/mol. The summed E-state index contributed by atoms with van der Waals surface area (Å²) in [6, 6.07) is 6.64. The average molecular weight is 289 g/mol. The Morgan fingerprint density at radius 1 is 1.10 bits per heavy atom. The standard InChI is InChI=1S/C17H23NO3/c1-18-13-5-6-14(18)9-12(8-13)17(19)11-4-7-15(20-2)16(10-11)21-3/h4,7,10,12-14H,5-6,8-9H2,1-3H3. The zero-order valence-electron chi connectivity index (χ0n) is 13.0. The van der Waals surface area contributed by atoms with Crippen molar-refractivity contribution < 1.29 is 14.3 Å². The molecule has 0 N–H and O–H groups in total. The number of rotatable bonds is 4. The second kappa shape index (κ2) is 5.68. The summed E-state index contributed by atoms with van der Waals surface area (Å²) in [6.45, 7) is 0. The first-order valence-corrected chi connectivity index (χ1v) is 7.62. The van der Waals surface area contributed by atoms with Gasteiger partial charge in [-0.2, -0.15) is 0 Å². The molecule has 1 aromatic carbocycles. The molecule has 2 fully saturated rings. The van der Waals surface area contributed by atoms with Crippen molar-refractivity contribution in [2.45, 2.75) is 37.8 Å². The van der Waals surface area contributed by atoms with Gasteiger partial charge in [0.25, 0.3) is 0 Å². The van der Waals surface area contributed by atoms with Crippen molar-refractivity contribution in [1.82, 2.24) is 4.90 Å². The highest BCUT2D eigenvalue weighted by Gasteiger charge is 2.41. The summed E-state index contributed by atoms with van der Waals surface area (Å²) in [4.78, 5) is 15.2. The van der Waals surface area contributed by atoms with Crippen LogP contribution < -0.4 is 9.47 Å². The molecule has 4 heteroatoms. The Bertz CT molecular complexity index is 529. The van der Waals surface area contributed by atoms with Gasteiger partial charge in [0.1, 0.15) is 0 Å². The van der Waals surface area contributed by atoms with E-state index in [0.29, 0.717) is 23.6 Å². The lowest BCUT2D eigenvalue weighted by Gasteiger charge is -2.35. The van der Waals surface area contributed by atoms with Crippen LogP contribution in [0.5, 0.6) is 11.5 Å². The lowest BCUT2D eigenvalue weighted by molar-refractivity contribution is 0.0767. The summed E-state index contributed by atoms with van der Waals surface area (Å²) in [7, 11) is 5.40. The van der Waals surface area contributed by atoms with E-state index in [9.17, 15) is 4.79 Å². The van der Waals surface area contributed by atoms with E-state index in [2.05, 4.69) is 11.9 Å². The van der Waals surface area contributed by atoms with Crippen LogP contribution in [0, 0.1) is 5.92 Å². The summed E-state index contributed by atoms with van der Waals surface area (Å²) in [5.74, 6) is 1.69. The molecule has 3 rings (SSSR count). The molecule has 4 nitrogen and oxygen atoms in total. The van der Waals surface area contributed by atoms with Gasteiger partial charge in [-0.1, -0.05) is 0 Å². The molecule has 0 aliphatic carbocycles. The maximum atomic E-state index is 12.8. The van der Waals surface area contributed by atoms with Gasteiger partial charge in [-0.3, -0.25) is 4.79 Å². The van der Waals surface area contributed by atoms with Gasteiger partial charge in [-0.15, -0.1) is 0 Å². The fourth-order valence-corrected chi connectivity index (χ4v) is 3.85. The van der Waals surface area contributed by atoms with Crippen LogP contribution >= 0.6 is 0 Å². The quantitative estimate of drug-likeness (QED) is 0.799. The molecule has 2 aliphatic rings. The predicted octanol–water partition coefficient (Wildman–Crippen LogP) is 2.76. The molecule has 1 aromatic rings. The minimum absolute atomic E-state index is 0.150. The Kier molecular flexibility index (Phi) is 3.89. The first-order chi connectivity index (χ1) is 10.1. The first kappa shape index (κ1) is 14.4. The number of ether oxygens (including phenoxy) is 2. The topological polar surface area (TPSA) is 38.8 Å². The second-order valence-corrected chi connectivity index (χ2v) is 6.15. The second-order valence-electron chi connectivity index (χ2n) is 6.15. The molecule has 2 atom stereocenters. The van der Waals surface area contributed by atoms with Crippen molar-refractivity contribution in [3.8, 4) is 11.5 Å². The van der Waals surface area contributed by atoms with Crippen molar-refractivity contribution in [3.05, 3.63) is 23.8 Å². The lowest BCUT2D eigenvalue weighted by Crippen LogP contribution is -2.42. The van der Waals surface area contributed by atoms with E-state index in [1.807, 2.05) is 12.1 Å². The van der Waals surface area contributed by atoms with Crippen molar-refractivity contribution in [1.29, 1.82) is 0 Å². The monoisotopic (exact) mass is 289 g/mol. The molecule has 2 aliphatic heterocycles. The van der Waals surface area contributed by atoms with E-state index < -0.39 is 0 Å². The van der Waals surface area contributed by atoms with E-state index in [0.717, 1.165) is 18.4 Å². The fraction of sp³-hybridized carbons (Fsp3) is 0.588. The van der Waals surface area contributed by atoms with Crippen LogP contribution in [0.4, 0.5) is 0 Å². The van der Waals surface area contributed by atoms with Crippen molar-refractivity contribution in [2.24, 2.45) is 5.92 Å². The third kappa shape index (κ3) is 2.53. The Morgan fingerprint density at radius 2 is 1.71 bits per heavy atom. The first-order valence-electron chi connectivity index (χ1n) is 7.62. The van der Waals surface area contributed by atoms with Gasteiger partial charge in [0.05, 0.1) is 14.2 Å². The SMILES string of the molecule is COc1ccc(C(=O)C2CC3CCC(C2)N3C)cc1OC. The molecule has 2 bridgehead atoms. The normalized spacial score (nSPS) is 28.4. The van der Waals surface area contributed by atoms with Gasteiger partial charge in [0, 0.05) is 23.6 Å². The third-order valence-corrected chi connectivity index (χ3v) is 5.14. The minimum Gasteiger partial charge on any atom is -0.493 e. The highest BCUT2D eigenvalue weighted by atomic mass is 16.5. The van der Waals surface area contributed by atoms with Gasteiger partial charge in [0.2, 0.25) is 0 Å². The van der Waals surface area contributed by atoms with Gasteiger partial charge in [-0.25, -0.2) is 0 Å². The molecule has 0 spiro atoms. The zero-order valence-corrected chi connectivity index (χ0v) is 13.0. The van der Waals surface area contributed by atoms with Crippen LogP contribution in [0.15, 0.2) is 18.2 Å². The number of hydrogen-bond donors (Lipinski definition) is 0. The van der Waals surface area contributed by atoms with Crippen LogP contribution in [-0.2, 0) is 0 Å². The van der Waals surface area contributed by atoms with Crippen molar-refractivity contribution in [2.75, 3.05) is 21.3 Å². The number of carbonyl (C=O) groups excluding carboxylic acids is 1. The van der Waals surface area contributed by atoms with E-state index in [1.54, 1.807) is 20.3 Å². The van der Waals surface area contributed by atoms with Crippen molar-refractivity contribution >= 4 is 5.78 Å². The number of piperidine rings is 1. The van der Waals surface area contributed by atoms with Crippen LogP contribution in [0.25, 0.3) is 0 Å². The molecule has 0 saturated carbocycles. The maximum Gasteiger partial charge on any atom is 0.166 e. The molecule has 2 saturated heterocycles. The van der Waals surface area contributed by atoms with Gasteiger partial charge in [0.15, 0.2) is 17.3 Å². The summed E-state index contributed by atoms with van der Waals surface area (Å²) in [5.41, 5.74) is 0.738. The summed E-state index contributed by atoms with van der Waals surface area (Å²) in [6.07, 6.45) is 4.44. The number of nitrogens with zero attached hydrogens (tertiary/aromatic N) is 1. The van der Waals surface area contributed by atoms with Gasteiger partial charge < -0.3 is 14.4 Å². The molecule has 0 amide bonds. The van der Waals surface area contributed by atoms with E-state index in [4.69, 9.17) is 9.47 Å². The Hall–Kier alpha value is -1.55. The zero-order chi connectivity index (χ0) is 15.0. The molecule has 2 heterocycles. The number of benzene rings is 1. The smallest absolute Gasteiger partial charge is 0.166 e. The summed E-state index contributed by atoms with van der Waals surface area (Å²) >= 11 is 0. The van der Waals surface area contributed by atoms with Crippen LogP contribution in [0.1, 0.15) is 36.0 Å². The van der Waals surface area contributed by atoms with E-state index >= 15 is 0 Å². The Labute approximate surface area is 126 Å². The molecule has 114 valence electrons. The van der Waals surface area contributed by atoms with Crippen molar-refractivity contribution in [3.63, 3.8) is 0 Å². The minimum atomic E-state index is 0.150. The lowest BCUT2D eigenvalue weighted by atomic mass is 9.85. The molecule has 0 radical (unpaired) electrons. The Morgan fingerprint density at radius 3 is 2.29 bits per heavy atom. The number of hydrogen-bond acceptors (Lipinski definition) is 4. The van der Waals surface area contributed by atoms with E-state index in [1.165, 1.54) is 12.8 Å². The number of fused-ring (bicyclic) bond motifs is 2. The fourth-order valence-electron chi connectivity index (χ4n) is 3.85. The van der Waals surface area contributed by atoms with Crippen LogP contribution in [-0.4, -0.2) is 44.0 Å². The summed E-state index contributed by atoms with van der Waals surface area (Å²) < 4.78 is 10.5. The molecule has 0 aromatic heterocycles. The Balaban J connectivity index is 1.79. The largest absolute Gasteiger partial charge is 0.493 e. The number of ketones is 1. The molecule has 2 unspecified atom stereocenters. The van der Waals surface area contributed by atoms with Gasteiger partial charge >= 0.3 is 0 Å². The van der Waals surface area contributed by atoms with Crippen LogP contribution in [0.3, 0.4) is 0 Å². The highest BCUT2D eigenvalue weighted by molar-refractivity contribution is 5.98. The number of Topliss-reactive ketones (excluding diaryl/α,β-unsaturated/α-hetero) is 1. The molecular weight excluding hydrogens is 266 g/mol. The number of carbonyl (C=O) groups is 1. The van der Waals surface area contributed by atoms with E-state index in [-0.39, 0.29) is 11.7 Å². The summed E-state index contributed by atoms with van der Waals surface area (Å²) in [5, 5.41) is 0. The maximum absolute atomic E-state index is 12.8. The average Bonchev–Trinajstić information content (AvgIpc) is 2.75. The molecule has 21 heavy (non-hydrogen) atoms. The third-order valence-electron chi connectivity index (χ3n) is 5.14. The highest BCUT2D eigenvalue weighted by Crippen LogP contribution is 2.39. The molecular formula is C17H23NO3. The van der Waals surface area contributed by atoms with Crippen LogP contribution in [0.2, 0.25) is 0 Å². The number of methoxy groups -OCH3 is 2.